The van der Waals surface area contributed by atoms with Crippen molar-refractivity contribution in [1.29, 1.82) is 0 Å². The molecule has 25 heavy (non-hydrogen) atoms. The highest BCUT2D eigenvalue weighted by Crippen LogP contribution is 2.25. The van der Waals surface area contributed by atoms with Crippen LogP contribution in [0.25, 0.3) is 0 Å². The lowest BCUT2D eigenvalue weighted by Gasteiger charge is -2.15. The number of hydrogen-bond donors (Lipinski definition) is 2. The molecule has 1 atom stereocenters. The zero-order chi connectivity index (χ0) is 17.5. The number of ether oxygens (including phenoxy) is 1. The second-order valence-electron chi connectivity index (χ2n) is 5.55. The Labute approximate surface area is 150 Å². The molecule has 1 aromatic heterocycles. The fourth-order valence-electron chi connectivity index (χ4n) is 2.31. The molecule has 0 aliphatic heterocycles. The molecule has 0 bridgehead atoms. The van der Waals surface area contributed by atoms with Crippen molar-refractivity contribution in [2.75, 3.05) is 5.32 Å². The molecule has 1 heterocycles. The van der Waals surface area contributed by atoms with Gasteiger partial charge in [0, 0.05) is 11.8 Å². The standard InChI is InChI=1S/C19H19N3O2S/c20-16(10-15-12-25-13-21-15)19(23)22-17-8-4-5-9-18(17)24-11-14-6-2-1-3-7-14/h1-9,12-13,16H,10-11,20H2,(H,22,23)/t16-/m0/s1. The van der Waals surface area contributed by atoms with Crippen LogP contribution in [0.4, 0.5) is 5.69 Å². The Morgan fingerprint density at radius 2 is 1.92 bits per heavy atom. The van der Waals surface area contributed by atoms with Crippen LogP contribution in [0.3, 0.4) is 0 Å². The first kappa shape index (κ1) is 17.1. The third kappa shape index (κ3) is 4.89. The average molecular weight is 353 g/mol. The van der Waals surface area contributed by atoms with Gasteiger partial charge in [-0.25, -0.2) is 4.98 Å². The summed E-state index contributed by atoms with van der Waals surface area (Å²) >= 11 is 1.49. The minimum Gasteiger partial charge on any atom is -0.487 e. The Bertz CT molecular complexity index is 807. The van der Waals surface area contributed by atoms with E-state index in [1.54, 1.807) is 11.6 Å². The third-order valence-corrected chi connectivity index (χ3v) is 4.27. The monoisotopic (exact) mass is 353 g/mol. The Balaban J connectivity index is 1.63. The van der Waals surface area contributed by atoms with Gasteiger partial charge in [0.2, 0.25) is 5.91 Å². The van der Waals surface area contributed by atoms with E-state index in [1.807, 2.05) is 53.9 Å². The van der Waals surface area contributed by atoms with Gasteiger partial charge in [-0.3, -0.25) is 4.79 Å². The number of para-hydroxylation sites is 2. The highest BCUT2D eigenvalue weighted by atomic mass is 32.1. The molecular weight excluding hydrogens is 334 g/mol. The van der Waals surface area contributed by atoms with Crippen LogP contribution in [0.2, 0.25) is 0 Å². The summed E-state index contributed by atoms with van der Waals surface area (Å²) in [6.07, 6.45) is 0.405. The fraction of sp³-hybridized carbons (Fsp3) is 0.158. The van der Waals surface area contributed by atoms with Crippen molar-refractivity contribution in [3.63, 3.8) is 0 Å². The summed E-state index contributed by atoms with van der Waals surface area (Å²) in [5.74, 6) is 0.351. The third-order valence-electron chi connectivity index (χ3n) is 3.63. The number of rotatable bonds is 7. The van der Waals surface area contributed by atoms with Gasteiger partial charge in [0.1, 0.15) is 12.4 Å². The topological polar surface area (TPSA) is 77.2 Å². The Morgan fingerprint density at radius 3 is 2.68 bits per heavy atom. The van der Waals surface area contributed by atoms with Gasteiger partial charge in [0.25, 0.3) is 0 Å². The second kappa shape index (κ2) is 8.41. The highest BCUT2D eigenvalue weighted by molar-refractivity contribution is 7.07. The summed E-state index contributed by atoms with van der Waals surface area (Å²) in [7, 11) is 0. The van der Waals surface area contributed by atoms with Gasteiger partial charge in [0.05, 0.1) is 22.9 Å². The van der Waals surface area contributed by atoms with Crippen LogP contribution in [0.5, 0.6) is 5.75 Å². The predicted octanol–water partition coefficient (Wildman–Crippen LogP) is 3.23. The number of hydrogen-bond acceptors (Lipinski definition) is 5. The van der Waals surface area contributed by atoms with Crippen molar-refractivity contribution in [2.24, 2.45) is 5.73 Å². The number of thiazole rings is 1. The number of amides is 1. The molecule has 0 radical (unpaired) electrons. The molecule has 0 saturated heterocycles. The van der Waals surface area contributed by atoms with Crippen LogP contribution in [-0.4, -0.2) is 16.9 Å². The van der Waals surface area contributed by atoms with Crippen molar-refractivity contribution in [1.82, 2.24) is 4.98 Å². The zero-order valence-corrected chi connectivity index (χ0v) is 14.4. The number of nitrogens with two attached hydrogens (primary N) is 1. The van der Waals surface area contributed by atoms with Crippen LogP contribution >= 0.6 is 11.3 Å². The molecule has 5 nitrogen and oxygen atoms in total. The molecule has 0 aliphatic carbocycles. The fourth-order valence-corrected chi connectivity index (χ4v) is 2.88. The normalized spacial score (nSPS) is 11.7. The maximum absolute atomic E-state index is 12.3. The lowest BCUT2D eigenvalue weighted by molar-refractivity contribution is -0.117. The Hall–Kier alpha value is -2.70. The summed E-state index contributed by atoms with van der Waals surface area (Å²) in [6, 6.07) is 16.5. The predicted molar refractivity (Wildman–Crippen MR) is 99.6 cm³/mol. The van der Waals surface area contributed by atoms with E-state index >= 15 is 0 Å². The number of aromatic nitrogens is 1. The Morgan fingerprint density at radius 1 is 1.16 bits per heavy atom. The highest BCUT2D eigenvalue weighted by Gasteiger charge is 2.17. The van der Waals surface area contributed by atoms with Crippen molar-refractivity contribution < 1.29 is 9.53 Å². The number of anilines is 1. The van der Waals surface area contributed by atoms with E-state index < -0.39 is 6.04 Å². The van der Waals surface area contributed by atoms with E-state index in [9.17, 15) is 4.79 Å². The van der Waals surface area contributed by atoms with Crippen molar-refractivity contribution in [3.8, 4) is 5.75 Å². The van der Waals surface area contributed by atoms with Gasteiger partial charge in [-0.05, 0) is 17.7 Å². The molecular formula is C19H19N3O2S. The number of benzene rings is 2. The van der Waals surface area contributed by atoms with E-state index in [0.717, 1.165) is 11.3 Å². The smallest absolute Gasteiger partial charge is 0.241 e. The van der Waals surface area contributed by atoms with Crippen LogP contribution in [0, 0.1) is 0 Å². The number of carbonyl (C=O) groups excluding carboxylic acids is 1. The summed E-state index contributed by atoms with van der Waals surface area (Å²) in [6.45, 7) is 0.429. The molecule has 0 unspecified atom stereocenters. The van der Waals surface area contributed by atoms with E-state index in [4.69, 9.17) is 10.5 Å². The van der Waals surface area contributed by atoms with Crippen molar-refractivity contribution >= 4 is 22.9 Å². The van der Waals surface area contributed by atoms with Gasteiger partial charge in [-0.1, -0.05) is 42.5 Å². The number of carbonyl (C=O) groups is 1. The van der Waals surface area contributed by atoms with E-state index in [0.29, 0.717) is 24.5 Å². The summed E-state index contributed by atoms with van der Waals surface area (Å²) < 4.78 is 5.84. The van der Waals surface area contributed by atoms with Gasteiger partial charge in [0.15, 0.2) is 0 Å². The lowest BCUT2D eigenvalue weighted by atomic mass is 10.1. The first-order valence-corrected chi connectivity index (χ1v) is 8.86. The number of nitrogens with one attached hydrogen (secondary N) is 1. The molecule has 128 valence electrons. The summed E-state index contributed by atoms with van der Waals surface area (Å²) in [5.41, 5.74) is 10.2. The maximum atomic E-state index is 12.3. The largest absolute Gasteiger partial charge is 0.487 e. The summed E-state index contributed by atoms with van der Waals surface area (Å²) in [4.78, 5) is 16.5. The second-order valence-corrected chi connectivity index (χ2v) is 6.27. The molecule has 3 rings (SSSR count). The zero-order valence-electron chi connectivity index (χ0n) is 13.6. The maximum Gasteiger partial charge on any atom is 0.241 e. The van der Waals surface area contributed by atoms with Crippen LogP contribution in [0.1, 0.15) is 11.3 Å². The van der Waals surface area contributed by atoms with Crippen LogP contribution in [0.15, 0.2) is 65.5 Å². The van der Waals surface area contributed by atoms with Gasteiger partial charge < -0.3 is 15.8 Å². The van der Waals surface area contributed by atoms with Gasteiger partial charge in [-0.15, -0.1) is 11.3 Å². The van der Waals surface area contributed by atoms with Gasteiger partial charge in [-0.2, -0.15) is 0 Å². The molecule has 6 heteroatoms. The van der Waals surface area contributed by atoms with Crippen molar-refractivity contribution in [2.45, 2.75) is 19.1 Å². The molecule has 0 saturated carbocycles. The van der Waals surface area contributed by atoms with E-state index in [-0.39, 0.29) is 5.91 Å². The van der Waals surface area contributed by atoms with E-state index in [1.165, 1.54) is 11.3 Å². The minimum atomic E-state index is -0.663. The first-order chi connectivity index (χ1) is 12.2. The molecule has 3 aromatic rings. The SMILES string of the molecule is N[C@@H](Cc1cscn1)C(=O)Nc1ccccc1OCc1ccccc1. The number of nitrogens with zero attached hydrogens (tertiary/aromatic N) is 1. The first-order valence-electron chi connectivity index (χ1n) is 7.91. The average Bonchev–Trinajstić information content (AvgIpc) is 3.15. The molecule has 3 N–H and O–H groups in total. The summed E-state index contributed by atoms with van der Waals surface area (Å²) in [5, 5.41) is 4.74. The minimum absolute atomic E-state index is 0.260. The molecule has 0 fully saturated rings. The van der Waals surface area contributed by atoms with Crippen molar-refractivity contribution in [3.05, 3.63) is 76.7 Å². The van der Waals surface area contributed by atoms with E-state index in [2.05, 4.69) is 10.3 Å². The van der Waals surface area contributed by atoms with Gasteiger partial charge >= 0.3 is 0 Å². The van der Waals surface area contributed by atoms with Crippen LogP contribution in [-0.2, 0) is 17.8 Å². The molecule has 0 aliphatic rings. The lowest BCUT2D eigenvalue weighted by Crippen LogP contribution is -2.37. The quantitative estimate of drug-likeness (QED) is 0.684. The Kier molecular flexibility index (Phi) is 5.77. The van der Waals surface area contributed by atoms with Crippen LogP contribution < -0.4 is 15.8 Å². The molecule has 2 aromatic carbocycles. The molecule has 1 amide bonds. The molecule has 0 spiro atoms.